The van der Waals surface area contributed by atoms with Gasteiger partial charge in [-0.25, -0.2) is 0 Å². The summed E-state index contributed by atoms with van der Waals surface area (Å²) in [5.74, 6) is 0.945. The van der Waals surface area contributed by atoms with E-state index in [9.17, 15) is 4.79 Å². The van der Waals surface area contributed by atoms with Crippen LogP contribution >= 0.6 is 0 Å². The number of amidine groups is 1. The van der Waals surface area contributed by atoms with Gasteiger partial charge in [0, 0.05) is 33.0 Å². The van der Waals surface area contributed by atoms with Crippen molar-refractivity contribution < 1.29 is 4.79 Å². The first-order valence-electron chi connectivity index (χ1n) is 4.61. The quantitative estimate of drug-likeness (QED) is 0.467. The molecule has 1 aliphatic rings. The van der Waals surface area contributed by atoms with Crippen LogP contribution in [0.15, 0.2) is 4.99 Å². The summed E-state index contributed by atoms with van der Waals surface area (Å²) in [6, 6.07) is 0. The van der Waals surface area contributed by atoms with Crippen molar-refractivity contribution in [2.24, 2.45) is 16.6 Å². The SMILES string of the molecule is C/N=C(\N)C1CCCN(C)C(=O)C1. The third-order valence-electron chi connectivity index (χ3n) is 2.57. The van der Waals surface area contributed by atoms with Crippen molar-refractivity contribution >= 4 is 11.7 Å². The smallest absolute Gasteiger partial charge is 0.223 e. The van der Waals surface area contributed by atoms with E-state index in [0.717, 1.165) is 19.4 Å². The molecule has 0 aromatic carbocycles. The zero-order valence-corrected chi connectivity index (χ0v) is 8.29. The molecule has 4 nitrogen and oxygen atoms in total. The lowest BCUT2D eigenvalue weighted by atomic mass is 9.99. The fraction of sp³-hybridized carbons (Fsp3) is 0.778. The summed E-state index contributed by atoms with van der Waals surface area (Å²) in [5.41, 5.74) is 5.70. The van der Waals surface area contributed by atoms with Gasteiger partial charge in [0.2, 0.25) is 5.91 Å². The molecular formula is C9H17N3O. The van der Waals surface area contributed by atoms with Gasteiger partial charge in [0.15, 0.2) is 0 Å². The summed E-state index contributed by atoms with van der Waals surface area (Å²) in [4.78, 5) is 17.2. The number of amides is 1. The first kappa shape index (κ1) is 10.0. The van der Waals surface area contributed by atoms with E-state index in [4.69, 9.17) is 5.73 Å². The van der Waals surface area contributed by atoms with E-state index in [2.05, 4.69) is 4.99 Å². The van der Waals surface area contributed by atoms with Gasteiger partial charge in [-0.1, -0.05) is 0 Å². The van der Waals surface area contributed by atoms with Crippen molar-refractivity contribution in [1.29, 1.82) is 0 Å². The van der Waals surface area contributed by atoms with E-state index in [1.165, 1.54) is 0 Å². The number of hydrogen-bond acceptors (Lipinski definition) is 2. The molecule has 0 aliphatic carbocycles. The summed E-state index contributed by atoms with van der Waals surface area (Å²) >= 11 is 0. The minimum Gasteiger partial charge on any atom is -0.387 e. The Morgan fingerprint density at radius 2 is 2.38 bits per heavy atom. The average Bonchev–Trinajstić information content (AvgIpc) is 2.28. The molecule has 1 rings (SSSR count). The van der Waals surface area contributed by atoms with E-state index < -0.39 is 0 Å². The van der Waals surface area contributed by atoms with Gasteiger partial charge < -0.3 is 10.6 Å². The van der Waals surface area contributed by atoms with Gasteiger partial charge in [0.1, 0.15) is 0 Å². The second-order valence-electron chi connectivity index (χ2n) is 3.51. The van der Waals surface area contributed by atoms with Gasteiger partial charge in [0.25, 0.3) is 0 Å². The lowest BCUT2D eigenvalue weighted by molar-refractivity contribution is -0.129. The molecule has 1 unspecified atom stereocenters. The summed E-state index contributed by atoms with van der Waals surface area (Å²) in [6.07, 6.45) is 2.50. The zero-order valence-electron chi connectivity index (χ0n) is 8.29. The van der Waals surface area contributed by atoms with E-state index in [1.54, 1.807) is 11.9 Å². The number of nitrogens with zero attached hydrogens (tertiary/aromatic N) is 2. The van der Waals surface area contributed by atoms with Gasteiger partial charge in [-0.3, -0.25) is 9.79 Å². The maximum atomic E-state index is 11.5. The summed E-state index contributed by atoms with van der Waals surface area (Å²) in [6.45, 7) is 0.840. The number of nitrogens with two attached hydrogens (primary N) is 1. The van der Waals surface area contributed by atoms with Crippen LogP contribution in [0.3, 0.4) is 0 Å². The number of carbonyl (C=O) groups is 1. The summed E-state index contributed by atoms with van der Waals surface area (Å²) in [7, 11) is 3.51. The molecule has 0 aromatic rings. The Morgan fingerprint density at radius 3 is 3.00 bits per heavy atom. The van der Waals surface area contributed by atoms with Crippen LogP contribution in [0.4, 0.5) is 0 Å². The maximum absolute atomic E-state index is 11.5. The highest BCUT2D eigenvalue weighted by Gasteiger charge is 2.23. The summed E-state index contributed by atoms with van der Waals surface area (Å²) < 4.78 is 0. The molecule has 1 saturated heterocycles. The molecule has 4 heteroatoms. The second-order valence-corrected chi connectivity index (χ2v) is 3.51. The van der Waals surface area contributed by atoms with Crippen LogP contribution in [-0.2, 0) is 4.79 Å². The van der Waals surface area contributed by atoms with Crippen molar-refractivity contribution in [3.63, 3.8) is 0 Å². The highest BCUT2D eigenvalue weighted by Crippen LogP contribution is 2.17. The third-order valence-corrected chi connectivity index (χ3v) is 2.57. The number of likely N-dealkylation sites (tertiary alicyclic amines) is 1. The minimum atomic E-state index is 0.155. The number of aliphatic imine (C=N–C) groups is 1. The van der Waals surface area contributed by atoms with Crippen LogP contribution in [0.5, 0.6) is 0 Å². The molecule has 1 aliphatic heterocycles. The molecule has 1 heterocycles. The van der Waals surface area contributed by atoms with Crippen LogP contribution < -0.4 is 5.73 Å². The highest BCUT2D eigenvalue weighted by atomic mass is 16.2. The lowest BCUT2D eigenvalue weighted by Gasteiger charge is -2.14. The van der Waals surface area contributed by atoms with Crippen LogP contribution in [0.25, 0.3) is 0 Å². The molecule has 1 fully saturated rings. The monoisotopic (exact) mass is 183 g/mol. The predicted molar refractivity (Wildman–Crippen MR) is 52.5 cm³/mol. The van der Waals surface area contributed by atoms with Crippen molar-refractivity contribution in [2.45, 2.75) is 19.3 Å². The second kappa shape index (κ2) is 4.25. The largest absolute Gasteiger partial charge is 0.387 e. The Bertz CT molecular complexity index is 225. The molecule has 2 N–H and O–H groups in total. The Morgan fingerprint density at radius 1 is 1.69 bits per heavy atom. The standard InChI is InChI=1S/C9H17N3O/c1-11-9(10)7-4-3-5-12(2)8(13)6-7/h7H,3-6H2,1-2H3,(H2,10,11). The van der Waals surface area contributed by atoms with Gasteiger partial charge >= 0.3 is 0 Å². The average molecular weight is 183 g/mol. The molecule has 0 saturated carbocycles. The maximum Gasteiger partial charge on any atom is 0.223 e. The van der Waals surface area contributed by atoms with Crippen molar-refractivity contribution in [3.05, 3.63) is 0 Å². The Labute approximate surface area is 78.8 Å². The molecule has 0 radical (unpaired) electrons. The Hall–Kier alpha value is -1.06. The van der Waals surface area contributed by atoms with Crippen molar-refractivity contribution in [3.8, 4) is 0 Å². The molecule has 0 bridgehead atoms. The normalized spacial score (nSPS) is 26.0. The molecule has 1 amide bonds. The lowest BCUT2D eigenvalue weighted by Crippen LogP contribution is -2.29. The fourth-order valence-electron chi connectivity index (χ4n) is 1.60. The molecule has 0 aromatic heterocycles. The Balaban J connectivity index is 2.64. The van der Waals surface area contributed by atoms with Crippen molar-refractivity contribution in [1.82, 2.24) is 4.90 Å². The van der Waals surface area contributed by atoms with Gasteiger partial charge in [-0.15, -0.1) is 0 Å². The number of carbonyl (C=O) groups excluding carboxylic acids is 1. The minimum absolute atomic E-state index is 0.155. The highest BCUT2D eigenvalue weighted by molar-refractivity contribution is 5.88. The van der Waals surface area contributed by atoms with Gasteiger partial charge in [0.05, 0.1) is 5.84 Å². The molecular weight excluding hydrogens is 166 g/mol. The van der Waals surface area contributed by atoms with Crippen molar-refractivity contribution in [2.75, 3.05) is 20.6 Å². The van der Waals surface area contributed by atoms with Crippen LogP contribution in [-0.4, -0.2) is 37.3 Å². The Kier molecular flexibility index (Phi) is 3.28. The van der Waals surface area contributed by atoms with E-state index in [1.807, 2.05) is 7.05 Å². The number of hydrogen-bond donors (Lipinski definition) is 1. The molecule has 0 spiro atoms. The first-order chi connectivity index (χ1) is 6.15. The summed E-state index contributed by atoms with van der Waals surface area (Å²) in [5, 5.41) is 0. The zero-order chi connectivity index (χ0) is 9.84. The predicted octanol–water partition coefficient (Wildman–Crippen LogP) is 0.232. The molecule has 13 heavy (non-hydrogen) atoms. The molecule has 1 atom stereocenters. The topological polar surface area (TPSA) is 58.7 Å². The fourth-order valence-corrected chi connectivity index (χ4v) is 1.60. The van der Waals surface area contributed by atoms with E-state index >= 15 is 0 Å². The molecule has 74 valence electrons. The third kappa shape index (κ3) is 2.44. The number of rotatable bonds is 1. The van der Waals surface area contributed by atoms with Crippen LogP contribution in [0.2, 0.25) is 0 Å². The van der Waals surface area contributed by atoms with E-state index in [-0.39, 0.29) is 11.8 Å². The van der Waals surface area contributed by atoms with Crippen LogP contribution in [0, 0.1) is 5.92 Å². The van der Waals surface area contributed by atoms with Gasteiger partial charge in [-0.2, -0.15) is 0 Å². The van der Waals surface area contributed by atoms with E-state index in [0.29, 0.717) is 12.3 Å². The van der Waals surface area contributed by atoms with Gasteiger partial charge in [-0.05, 0) is 12.8 Å². The van der Waals surface area contributed by atoms with Crippen LogP contribution in [0.1, 0.15) is 19.3 Å². The first-order valence-corrected chi connectivity index (χ1v) is 4.61.